The van der Waals surface area contributed by atoms with E-state index in [9.17, 15) is 8.42 Å². The van der Waals surface area contributed by atoms with Crippen molar-refractivity contribution in [1.82, 2.24) is 0 Å². The Morgan fingerprint density at radius 1 is 1.50 bits per heavy atom. The lowest BCUT2D eigenvalue weighted by atomic mass is 10.0. The second-order valence-electron chi connectivity index (χ2n) is 2.31. The zero-order valence-electron chi connectivity index (χ0n) is 6.53. The van der Waals surface area contributed by atoms with Crippen molar-refractivity contribution in [3.05, 3.63) is 42.9 Å². The van der Waals surface area contributed by atoms with Crippen molar-refractivity contribution in [1.29, 1.82) is 0 Å². The van der Waals surface area contributed by atoms with Gasteiger partial charge in [0.25, 0.3) is 0 Å². The molecule has 0 saturated heterocycles. The molecule has 0 fully saturated rings. The molecule has 0 N–H and O–H groups in total. The zero-order chi connectivity index (χ0) is 8.97. The molecule has 0 unspecified atom stereocenters. The maximum atomic E-state index is 10.7. The van der Waals surface area contributed by atoms with Crippen LogP contribution in [0.2, 0.25) is 0 Å². The number of hydrogen-bond acceptors (Lipinski definition) is 2. The van der Waals surface area contributed by atoms with Crippen LogP contribution in [0, 0.1) is 6.42 Å². The Labute approximate surface area is 73.4 Å². The van der Waals surface area contributed by atoms with Gasteiger partial charge in [-0.2, -0.15) is 8.42 Å². The number of hydrogen-bond donors (Lipinski definition) is 0. The maximum absolute atomic E-state index is 10.7. The molecule has 0 aliphatic heterocycles. The van der Waals surface area contributed by atoms with Gasteiger partial charge in [0, 0.05) is 12.8 Å². The van der Waals surface area contributed by atoms with E-state index in [0.717, 1.165) is 5.57 Å². The lowest BCUT2D eigenvalue weighted by Crippen LogP contribution is -2.05. The minimum Gasteiger partial charge on any atom is -0.184 e. The largest absolute Gasteiger partial charge is 0.217 e. The number of allylic oxidation sites excluding steroid dienone is 5. The van der Waals surface area contributed by atoms with Gasteiger partial charge in [-0.25, -0.2) is 0 Å². The molecule has 1 radical (unpaired) electrons. The highest BCUT2D eigenvalue weighted by Gasteiger charge is 2.08. The van der Waals surface area contributed by atoms with Crippen LogP contribution in [0.1, 0.15) is 6.42 Å². The topological polar surface area (TPSA) is 34.1 Å². The minimum atomic E-state index is -2.12. The van der Waals surface area contributed by atoms with Crippen molar-refractivity contribution in [3.8, 4) is 0 Å². The summed E-state index contributed by atoms with van der Waals surface area (Å²) >= 11 is 0. The standard InChI is InChI=1S/C9H9O2S/c1-2-5-8-6-3-4-7-9(8)12(10)11/h2-6H,1,7H2. The lowest BCUT2D eigenvalue weighted by molar-refractivity contribution is 0.627. The van der Waals surface area contributed by atoms with Gasteiger partial charge in [-0.15, -0.1) is 6.58 Å². The predicted octanol–water partition coefficient (Wildman–Crippen LogP) is 1.31. The summed E-state index contributed by atoms with van der Waals surface area (Å²) in [4.78, 5) is 0.428. The molecule has 3 heteroatoms. The summed E-state index contributed by atoms with van der Waals surface area (Å²) in [5.41, 5.74) is 0.723. The normalized spacial score (nSPS) is 15.7. The third kappa shape index (κ3) is 1.95. The summed E-state index contributed by atoms with van der Waals surface area (Å²) in [6.07, 6.45) is 9.16. The third-order valence-electron chi connectivity index (χ3n) is 1.54. The van der Waals surface area contributed by atoms with Gasteiger partial charge >= 0.3 is 0 Å². The fourth-order valence-corrected chi connectivity index (χ4v) is 1.56. The molecule has 0 aromatic rings. The molecule has 1 rings (SSSR count). The Balaban J connectivity index is 3.08. The molecule has 2 nitrogen and oxygen atoms in total. The summed E-state index contributed by atoms with van der Waals surface area (Å²) in [7, 11) is -2.12. The van der Waals surface area contributed by atoms with E-state index in [-0.39, 0.29) is 0 Å². The number of rotatable bonds is 2. The van der Waals surface area contributed by atoms with Gasteiger partial charge in [-0.05, 0) is 5.57 Å². The van der Waals surface area contributed by atoms with Gasteiger partial charge in [0.05, 0.1) is 4.86 Å². The molecule has 0 amide bonds. The van der Waals surface area contributed by atoms with E-state index >= 15 is 0 Å². The molecule has 0 aromatic heterocycles. The first-order chi connectivity index (χ1) is 5.75. The first kappa shape index (κ1) is 9.00. The SMILES string of the molecule is C=C[CH]C1=CC=CCC1=S(=O)=O. The smallest absolute Gasteiger partial charge is 0.184 e. The Hall–Kier alpha value is -1.09. The fourth-order valence-electron chi connectivity index (χ4n) is 0.997. The van der Waals surface area contributed by atoms with Gasteiger partial charge < -0.3 is 0 Å². The third-order valence-corrected chi connectivity index (χ3v) is 2.34. The maximum Gasteiger partial charge on any atom is 0.217 e. The summed E-state index contributed by atoms with van der Waals surface area (Å²) in [6.45, 7) is 3.51. The van der Waals surface area contributed by atoms with Crippen molar-refractivity contribution in [2.45, 2.75) is 6.42 Å². The summed E-state index contributed by atoms with van der Waals surface area (Å²) in [5, 5.41) is 0. The van der Waals surface area contributed by atoms with Crippen LogP contribution in [0.25, 0.3) is 0 Å². The molecule has 1 aliphatic rings. The summed E-state index contributed by atoms with van der Waals surface area (Å²) in [5.74, 6) is 0. The van der Waals surface area contributed by atoms with Gasteiger partial charge in [0.1, 0.15) is 0 Å². The second kappa shape index (κ2) is 4.07. The molecular weight excluding hydrogens is 172 g/mol. The van der Waals surface area contributed by atoms with E-state index in [1.165, 1.54) is 0 Å². The van der Waals surface area contributed by atoms with Crippen molar-refractivity contribution >= 4 is 15.2 Å². The molecule has 0 atom stereocenters. The van der Waals surface area contributed by atoms with Crippen molar-refractivity contribution < 1.29 is 8.42 Å². The Morgan fingerprint density at radius 2 is 2.25 bits per heavy atom. The molecule has 0 spiro atoms. The highest BCUT2D eigenvalue weighted by Crippen LogP contribution is 2.11. The van der Waals surface area contributed by atoms with E-state index in [4.69, 9.17) is 0 Å². The molecule has 0 saturated carbocycles. The molecule has 63 valence electrons. The molecule has 0 aromatic carbocycles. The first-order valence-corrected chi connectivity index (χ1v) is 4.61. The van der Waals surface area contributed by atoms with Gasteiger partial charge in [-0.1, -0.05) is 24.3 Å². The summed E-state index contributed by atoms with van der Waals surface area (Å²) < 4.78 is 21.3. The van der Waals surface area contributed by atoms with Crippen LogP contribution >= 0.6 is 0 Å². The van der Waals surface area contributed by atoms with Crippen LogP contribution in [0.5, 0.6) is 0 Å². The first-order valence-electron chi connectivity index (χ1n) is 3.53. The monoisotopic (exact) mass is 181 g/mol. The van der Waals surface area contributed by atoms with Crippen LogP contribution in [-0.4, -0.2) is 13.3 Å². The average molecular weight is 181 g/mol. The fraction of sp³-hybridized carbons (Fsp3) is 0.111. The van der Waals surface area contributed by atoms with Crippen LogP contribution in [0.4, 0.5) is 0 Å². The quantitative estimate of drug-likeness (QED) is 0.602. The average Bonchev–Trinajstić information content (AvgIpc) is 2.05. The molecule has 1 aliphatic carbocycles. The van der Waals surface area contributed by atoms with Crippen molar-refractivity contribution in [2.24, 2.45) is 0 Å². The molecular formula is C9H9O2S. The summed E-state index contributed by atoms with van der Waals surface area (Å²) in [6, 6.07) is 0. The van der Waals surface area contributed by atoms with Gasteiger partial charge in [-0.3, -0.25) is 0 Å². The Kier molecular flexibility index (Phi) is 3.05. The Bertz CT molecular complexity index is 361. The van der Waals surface area contributed by atoms with Crippen LogP contribution in [0.3, 0.4) is 0 Å². The minimum absolute atomic E-state index is 0.428. The lowest BCUT2D eigenvalue weighted by Gasteiger charge is -2.05. The van der Waals surface area contributed by atoms with E-state index in [1.807, 2.05) is 12.2 Å². The van der Waals surface area contributed by atoms with Gasteiger partial charge in [0.2, 0.25) is 10.3 Å². The van der Waals surface area contributed by atoms with E-state index in [1.54, 1.807) is 18.6 Å². The Morgan fingerprint density at radius 3 is 2.83 bits per heavy atom. The van der Waals surface area contributed by atoms with Gasteiger partial charge in [0.15, 0.2) is 0 Å². The van der Waals surface area contributed by atoms with E-state index < -0.39 is 10.3 Å². The van der Waals surface area contributed by atoms with Crippen LogP contribution in [-0.2, 0) is 10.3 Å². The molecule has 0 bridgehead atoms. The highest BCUT2D eigenvalue weighted by atomic mass is 32.2. The molecule has 12 heavy (non-hydrogen) atoms. The highest BCUT2D eigenvalue weighted by molar-refractivity contribution is 7.73. The van der Waals surface area contributed by atoms with E-state index in [0.29, 0.717) is 11.3 Å². The molecule has 0 heterocycles. The van der Waals surface area contributed by atoms with E-state index in [2.05, 4.69) is 6.58 Å². The van der Waals surface area contributed by atoms with Crippen LogP contribution in [0.15, 0.2) is 36.5 Å². The van der Waals surface area contributed by atoms with Crippen molar-refractivity contribution in [3.63, 3.8) is 0 Å². The van der Waals surface area contributed by atoms with Crippen LogP contribution < -0.4 is 0 Å². The van der Waals surface area contributed by atoms with Crippen molar-refractivity contribution in [2.75, 3.05) is 0 Å². The second-order valence-corrected chi connectivity index (χ2v) is 3.28. The predicted molar refractivity (Wildman–Crippen MR) is 50.3 cm³/mol. The zero-order valence-corrected chi connectivity index (χ0v) is 7.34.